The van der Waals surface area contributed by atoms with Gasteiger partial charge in [-0.05, 0) is 65.7 Å². The quantitative estimate of drug-likeness (QED) is 0.611. The summed E-state index contributed by atoms with van der Waals surface area (Å²) in [6.07, 6.45) is 3.99. The van der Waals surface area contributed by atoms with E-state index >= 15 is 0 Å². The average molecular weight is 387 g/mol. The van der Waals surface area contributed by atoms with Crippen LogP contribution in [0, 0.1) is 23.1 Å². The normalized spacial score (nSPS) is 27.8. The fraction of sp³-hybridized carbons (Fsp3) is 0.500. The molecule has 0 spiro atoms. The van der Waals surface area contributed by atoms with Gasteiger partial charge in [-0.15, -0.1) is 0 Å². The molecule has 0 saturated carbocycles. The fourth-order valence-corrected chi connectivity index (χ4v) is 4.16. The molecule has 1 aromatic rings. The number of esters is 1. The van der Waals surface area contributed by atoms with E-state index in [0.717, 1.165) is 16.7 Å². The average Bonchev–Trinajstić information content (AvgIpc) is 2.61. The van der Waals surface area contributed by atoms with Crippen LogP contribution in [0.5, 0.6) is 0 Å². The first-order valence-electron chi connectivity index (χ1n) is 9.58. The number of carbonyl (C=O) groups excluding carboxylic acids is 1. The molecule has 1 aliphatic heterocycles. The van der Waals surface area contributed by atoms with Crippen molar-refractivity contribution in [3.05, 3.63) is 57.8 Å². The number of benzene rings is 1. The highest BCUT2D eigenvalue weighted by Gasteiger charge is 2.35. The molecule has 3 rings (SSSR count). The minimum atomic E-state index is -0.702. The van der Waals surface area contributed by atoms with Crippen LogP contribution in [0.4, 0.5) is 4.39 Å². The van der Waals surface area contributed by atoms with E-state index in [2.05, 4.69) is 5.18 Å². The molecule has 1 heterocycles. The lowest BCUT2D eigenvalue weighted by atomic mass is 9.69. The Morgan fingerprint density at radius 2 is 2.07 bits per heavy atom. The van der Waals surface area contributed by atoms with Crippen molar-refractivity contribution >= 4 is 11.5 Å². The van der Waals surface area contributed by atoms with Gasteiger partial charge in [-0.1, -0.05) is 31.2 Å². The molecule has 0 amide bonds. The maximum atomic E-state index is 13.8. The van der Waals surface area contributed by atoms with E-state index in [9.17, 15) is 19.2 Å². The SMILES string of the molecule is Cc1cc(C2=C(/C=C/[C@@H]3CC(O)CC(=O)O3)C(C)(C)CC(N=O)C2)ccc1F. The number of aliphatic hydroxyl groups is 1. The summed E-state index contributed by atoms with van der Waals surface area (Å²) in [6.45, 7) is 5.80. The number of hydrogen-bond donors (Lipinski definition) is 1. The molecule has 5 nitrogen and oxygen atoms in total. The summed E-state index contributed by atoms with van der Waals surface area (Å²) in [7, 11) is 0. The number of cyclic esters (lactones) is 1. The van der Waals surface area contributed by atoms with Gasteiger partial charge in [-0.25, -0.2) is 4.39 Å². The molecule has 2 unspecified atom stereocenters. The number of carbonyl (C=O) groups is 1. The maximum Gasteiger partial charge on any atom is 0.309 e. The van der Waals surface area contributed by atoms with E-state index in [4.69, 9.17) is 4.74 Å². The Balaban J connectivity index is 2.02. The molecule has 0 aromatic heterocycles. The van der Waals surface area contributed by atoms with Gasteiger partial charge in [0, 0.05) is 6.42 Å². The zero-order valence-electron chi connectivity index (χ0n) is 16.4. The first-order chi connectivity index (χ1) is 13.2. The number of aryl methyl sites for hydroxylation is 1. The van der Waals surface area contributed by atoms with E-state index in [0.29, 0.717) is 24.8 Å². The Bertz CT molecular complexity index is 843. The van der Waals surface area contributed by atoms with Crippen LogP contribution in [0.25, 0.3) is 5.57 Å². The summed E-state index contributed by atoms with van der Waals surface area (Å²) < 4.78 is 19.1. The summed E-state index contributed by atoms with van der Waals surface area (Å²) in [5.74, 6) is -0.686. The molecular formula is C22H26FNO4. The summed E-state index contributed by atoms with van der Waals surface area (Å²) >= 11 is 0. The molecule has 0 bridgehead atoms. The number of hydrogen-bond acceptors (Lipinski definition) is 5. The number of halogens is 1. The lowest BCUT2D eigenvalue weighted by Crippen LogP contribution is -2.31. The van der Waals surface area contributed by atoms with E-state index in [1.807, 2.05) is 19.9 Å². The molecule has 6 heteroatoms. The molecular weight excluding hydrogens is 361 g/mol. The van der Waals surface area contributed by atoms with Gasteiger partial charge >= 0.3 is 5.97 Å². The van der Waals surface area contributed by atoms with Crippen LogP contribution >= 0.6 is 0 Å². The van der Waals surface area contributed by atoms with Crippen molar-refractivity contribution in [2.45, 2.75) is 64.7 Å². The predicted molar refractivity (Wildman–Crippen MR) is 105 cm³/mol. The minimum absolute atomic E-state index is 0.0192. The number of nitroso groups, excluding NO2 is 1. The number of nitrogens with zero attached hydrogens (tertiary/aromatic N) is 1. The fourth-order valence-electron chi connectivity index (χ4n) is 4.16. The topological polar surface area (TPSA) is 76.0 Å². The van der Waals surface area contributed by atoms with Crippen molar-refractivity contribution in [2.75, 3.05) is 0 Å². The van der Waals surface area contributed by atoms with Crippen molar-refractivity contribution in [3.8, 4) is 0 Å². The Morgan fingerprint density at radius 1 is 1.32 bits per heavy atom. The van der Waals surface area contributed by atoms with Crippen molar-refractivity contribution < 1.29 is 19.0 Å². The van der Waals surface area contributed by atoms with Gasteiger partial charge in [0.1, 0.15) is 11.9 Å². The van der Waals surface area contributed by atoms with Crippen LogP contribution in [0.1, 0.15) is 50.7 Å². The van der Waals surface area contributed by atoms with Gasteiger partial charge in [0.15, 0.2) is 0 Å². The minimum Gasteiger partial charge on any atom is -0.458 e. The van der Waals surface area contributed by atoms with E-state index in [-0.39, 0.29) is 23.7 Å². The van der Waals surface area contributed by atoms with Crippen molar-refractivity contribution in [1.82, 2.24) is 0 Å². The number of ether oxygens (including phenoxy) is 1. The highest BCUT2D eigenvalue weighted by atomic mass is 19.1. The van der Waals surface area contributed by atoms with Gasteiger partial charge < -0.3 is 9.84 Å². The third-order valence-corrected chi connectivity index (χ3v) is 5.56. The lowest BCUT2D eigenvalue weighted by Gasteiger charge is -2.36. The van der Waals surface area contributed by atoms with Crippen LogP contribution in [0.15, 0.2) is 41.1 Å². The maximum absolute atomic E-state index is 13.8. The summed E-state index contributed by atoms with van der Waals surface area (Å²) in [5, 5.41) is 13.1. The summed E-state index contributed by atoms with van der Waals surface area (Å²) in [4.78, 5) is 22.9. The molecule has 3 atom stereocenters. The molecule has 28 heavy (non-hydrogen) atoms. The molecule has 1 fully saturated rings. The second-order valence-corrected chi connectivity index (χ2v) is 8.39. The standard InChI is InChI=1S/C22H26FNO4/c1-13-8-14(4-7-20(13)23)18-9-15(24-27)12-22(2,3)19(18)6-5-17-10-16(25)11-21(26)28-17/h4-8,15-17,25H,9-12H2,1-3H3/b6-5+/t15?,16?,17-/m1/s1. The van der Waals surface area contributed by atoms with Crippen LogP contribution in [0.2, 0.25) is 0 Å². The Morgan fingerprint density at radius 3 is 2.71 bits per heavy atom. The highest BCUT2D eigenvalue weighted by Crippen LogP contribution is 2.46. The molecule has 0 radical (unpaired) electrons. The number of rotatable bonds is 4. The zero-order valence-corrected chi connectivity index (χ0v) is 16.4. The first-order valence-corrected chi connectivity index (χ1v) is 9.58. The Kier molecular flexibility index (Phi) is 5.79. The Hall–Kier alpha value is -2.34. The van der Waals surface area contributed by atoms with Crippen molar-refractivity contribution in [2.24, 2.45) is 10.6 Å². The third-order valence-electron chi connectivity index (χ3n) is 5.56. The van der Waals surface area contributed by atoms with Gasteiger partial charge in [0.2, 0.25) is 0 Å². The van der Waals surface area contributed by atoms with Gasteiger partial charge in [-0.2, -0.15) is 4.91 Å². The van der Waals surface area contributed by atoms with E-state index < -0.39 is 18.2 Å². The van der Waals surface area contributed by atoms with Gasteiger partial charge in [-0.3, -0.25) is 4.79 Å². The summed E-state index contributed by atoms with van der Waals surface area (Å²) in [5.41, 5.74) is 3.03. The van der Waals surface area contributed by atoms with Crippen LogP contribution in [0.3, 0.4) is 0 Å². The lowest BCUT2D eigenvalue weighted by molar-refractivity contribution is -0.156. The zero-order chi connectivity index (χ0) is 20.5. The second kappa shape index (κ2) is 7.95. The molecule has 2 aliphatic rings. The first kappa shape index (κ1) is 20.4. The number of aliphatic hydroxyl groups excluding tert-OH is 1. The molecule has 1 aliphatic carbocycles. The van der Waals surface area contributed by atoms with Crippen LogP contribution < -0.4 is 0 Å². The predicted octanol–water partition coefficient (Wildman–Crippen LogP) is 4.47. The molecule has 150 valence electrons. The van der Waals surface area contributed by atoms with E-state index in [1.165, 1.54) is 6.07 Å². The summed E-state index contributed by atoms with van der Waals surface area (Å²) in [6, 6.07) is 4.59. The van der Waals surface area contributed by atoms with Gasteiger partial charge in [0.25, 0.3) is 0 Å². The molecule has 1 saturated heterocycles. The van der Waals surface area contributed by atoms with E-state index in [1.54, 1.807) is 25.1 Å². The largest absolute Gasteiger partial charge is 0.458 e. The number of allylic oxidation sites excluding steroid dienone is 2. The second-order valence-electron chi connectivity index (χ2n) is 8.39. The molecule has 1 N–H and O–H groups in total. The highest BCUT2D eigenvalue weighted by molar-refractivity contribution is 5.74. The van der Waals surface area contributed by atoms with Gasteiger partial charge in [0.05, 0.1) is 18.6 Å². The van der Waals surface area contributed by atoms with Crippen LogP contribution in [-0.2, 0) is 9.53 Å². The van der Waals surface area contributed by atoms with Crippen molar-refractivity contribution in [1.29, 1.82) is 0 Å². The monoisotopic (exact) mass is 387 g/mol. The van der Waals surface area contributed by atoms with Crippen molar-refractivity contribution in [3.63, 3.8) is 0 Å². The molecule has 1 aromatic carbocycles. The Labute approximate surface area is 164 Å². The smallest absolute Gasteiger partial charge is 0.309 e. The van der Waals surface area contributed by atoms with Crippen LogP contribution in [-0.4, -0.2) is 29.3 Å². The third kappa shape index (κ3) is 4.38.